The molecule has 0 atom stereocenters. The van der Waals surface area contributed by atoms with Gasteiger partial charge >= 0.3 is 0 Å². The third kappa shape index (κ3) is 2.92. The predicted molar refractivity (Wildman–Crippen MR) is 68.3 cm³/mol. The maximum Gasteiger partial charge on any atom is 0.288 e. The summed E-state index contributed by atoms with van der Waals surface area (Å²) in [5, 5.41) is 13.9. The van der Waals surface area contributed by atoms with Crippen LogP contribution in [0.2, 0.25) is 0 Å². The van der Waals surface area contributed by atoms with Gasteiger partial charge in [0.2, 0.25) is 0 Å². The lowest BCUT2D eigenvalue weighted by Crippen LogP contribution is -2.28. The first-order valence-electron chi connectivity index (χ1n) is 5.44. The summed E-state index contributed by atoms with van der Waals surface area (Å²) in [6, 6.07) is 1.50. The molecule has 17 heavy (non-hydrogen) atoms. The van der Waals surface area contributed by atoms with Gasteiger partial charge in [-0.05, 0) is 28.9 Å². The molecule has 6 nitrogen and oxygen atoms in total. The molecule has 1 aromatic rings. The van der Waals surface area contributed by atoms with Gasteiger partial charge in [0.25, 0.3) is 5.69 Å². The molecule has 7 heteroatoms. The van der Waals surface area contributed by atoms with Crippen molar-refractivity contribution in [2.45, 2.75) is 6.42 Å². The molecule has 0 aliphatic carbocycles. The summed E-state index contributed by atoms with van der Waals surface area (Å²) in [7, 11) is 0. The zero-order chi connectivity index (χ0) is 12.3. The molecular formula is C10H13BrN4O2. The first-order valence-corrected chi connectivity index (χ1v) is 6.23. The average molecular weight is 301 g/mol. The fourth-order valence-electron chi connectivity index (χ4n) is 1.81. The molecule has 1 N–H and O–H groups in total. The summed E-state index contributed by atoms with van der Waals surface area (Å²) in [5.41, 5.74) is 0.00794. The van der Waals surface area contributed by atoms with Crippen molar-refractivity contribution < 1.29 is 4.92 Å². The van der Waals surface area contributed by atoms with Crippen molar-refractivity contribution in [1.29, 1.82) is 0 Å². The van der Waals surface area contributed by atoms with E-state index in [0.29, 0.717) is 4.47 Å². The molecule has 1 fully saturated rings. The minimum Gasteiger partial charge on any atom is -0.354 e. The maximum atomic E-state index is 10.6. The van der Waals surface area contributed by atoms with E-state index in [2.05, 4.69) is 31.1 Å². The zero-order valence-corrected chi connectivity index (χ0v) is 10.8. The van der Waals surface area contributed by atoms with Crippen molar-refractivity contribution in [2.24, 2.45) is 0 Å². The van der Waals surface area contributed by atoms with Gasteiger partial charge in [-0.15, -0.1) is 0 Å². The highest BCUT2D eigenvalue weighted by atomic mass is 79.9. The van der Waals surface area contributed by atoms with Crippen LogP contribution in [0.1, 0.15) is 6.42 Å². The van der Waals surface area contributed by atoms with Crippen molar-refractivity contribution in [1.82, 2.24) is 10.3 Å². The molecule has 0 saturated carbocycles. The Morgan fingerprint density at radius 1 is 1.47 bits per heavy atom. The maximum absolute atomic E-state index is 10.6. The first kappa shape index (κ1) is 12.3. The molecule has 0 radical (unpaired) electrons. The quantitative estimate of drug-likeness (QED) is 0.663. The first-order chi connectivity index (χ1) is 8.18. The Morgan fingerprint density at radius 3 is 3.00 bits per heavy atom. The Labute approximate surface area is 107 Å². The van der Waals surface area contributed by atoms with Crippen molar-refractivity contribution in [2.75, 3.05) is 31.1 Å². The van der Waals surface area contributed by atoms with E-state index in [-0.39, 0.29) is 5.69 Å². The van der Waals surface area contributed by atoms with Crippen LogP contribution >= 0.6 is 15.9 Å². The van der Waals surface area contributed by atoms with Crippen LogP contribution in [0.5, 0.6) is 0 Å². The number of hydrogen-bond acceptors (Lipinski definition) is 5. The second-order valence-electron chi connectivity index (χ2n) is 3.85. The third-order valence-electron chi connectivity index (χ3n) is 2.66. The molecule has 0 amide bonds. The molecule has 1 aliphatic heterocycles. The summed E-state index contributed by atoms with van der Waals surface area (Å²) >= 11 is 3.35. The number of nitro groups is 1. The van der Waals surface area contributed by atoms with Crippen LogP contribution in [0.15, 0.2) is 16.7 Å². The monoisotopic (exact) mass is 300 g/mol. The molecule has 0 spiro atoms. The van der Waals surface area contributed by atoms with Crippen molar-refractivity contribution in [3.05, 3.63) is 26.9 Å². The van der Waals surface area contributed by atoms with Crippen LogP contribution in [0.3, 0.4) is 0 Å². The van der Waals surface area contributed by atoms with E-state index >= 15 is 0 Å². The van der Waals surface area contributed by atoms with E-state index in [0.717, 1.165) is 38.4 Å². The van der Waals surface area contributed by atoms with Crippen LogP contribution in [0.25, 0.3) is 0 Å². The van der Waals surface area contributed by atoms with E-state index in [1.54, 1.807) is 0 Å². The van der Waals surface area contributed by atoms with Crippen LogP contribution in [0.4, 0.5) is 11.5 Å². The number of pyridine rings is 1. The SMILES string of the molecule is O=[N+]([O-])c1cnc(N2CCCNCC2)c(Br)c1. The molecule has 92 valence electrons. The predicted octanol–water partition coefficient (Wildman–Crippen LogP) is 1.55. The number of halogens is 1. The van der Waals surface area contributed by atoms with Gasteiger partial charge in [0.05, 0.1) is 9.40 Å². The second kappa shape index (κ2) is 5.42. The van der Waals surface area contributed by atoms with Gasteiger partial charge in [0.1, 0.15) is 12.0 Å². The zero-order valence-electron chi connectivity index (χ0n) is 9.23. The minimum atomic E-state index is -0.439. The number of anilines is 1. The number of aromatic nitrogens is 1. The molecule has 0 aromatic carbocycles. The van der Waals surface area contributed by atoms with Gasteiger partial charge in [0, 0.05) is 25.7 Å². The van der Waals surface area contributed by atoms with Gasteiger partial charge in [-0.2, -0.15) is 0 Å². The third-order valence-corrected chi connectivity index (χ3v) is 3.24. The molecule has 2 rings (SSSR count). The molecule has 2 heterocycles. The summed E-state index contributed by atoms with van der Waals surface area (Å²) in [4.78, 5) is 16.5. The Kier molecular flexibility index (Phi) is 3.90. The lowest BCUT2D eigenvalue weighted by molar-refractivity contribution is -0.385. The number of rotatable bonds is 2. The number of hydrogen-bond donors (Lipinski definition) is 1. The highest BCUT2D eigenvalue weighted by Crippen LogP contribution is 2.27. The highest BCUT2D eigenvalue weighted by Gasteiger charge is 2.16. The second-order valence-corrected chi connectivity index (χ2v) is 4.70. The van der Waals surface area contributed by atoms with E-state index in [1.807, 2.05) is 0 Å². The standard InChI is InChI=1S/C10H13BrN4O2/c11-9-6-8(15(16)17)7-13-10(9)14-4-1-2-12-3-5-14/h6-7,12H,1-5H2. The molecule has 1 aromatic heterocycles. The normalized spacial score (nSPS) is 16.6. The average Bonchev–Trinajstić information content (AvgIpc) is 2.57. The number of nitrogens with one attached hydrogen (secondary N) is 1. The Morgan fingerprint density at radius 2 is 2.29 bits per heavy atom. The van der Waals surface area contributed by atoms with E-state index in [9.17, 15) is 10.1 Å². The summed E-state index contributed by atoms with van der Waals surface area (Å²) in [6.07, 6.45) is 2.35. The van der Waals surface area contributed by atoms with Crippen LogP contribution in [-0.4, -0.2) is 36.1 Å². The minimum absolute atomic E-state index is 0.00794. The molecule has 0 bridgehead atoms. The molecule has 1 saturated heterocycles. The Bertz CT molecular complexity index is 419. The fraction of sp³-hybridized carbons (Fsp3) is 0.500. The Balaban J connectivity index is 2.22. The summed E-state index contributed by atoms with van der Waals surface area (Å²) in [6.45, 7) is 3.69. The van der Waals surface area contributed by atoms with E-state index < -0.39 is 4.92 Å². The summed E-state index contributed by atoms with van der Waals surface area (Å²) in [5.74, 6) is 0.777. The Hall–Kier alpha value is -1.21. The van der Waals surface area contributed by atoms with Crippen molar-refractivity contribution >= 4 is 27.4 Å². The van der Waals surface area contributed by atoms with Gasteiger partial charge in [-0.25, -0.2) is 4.98 Å². The lowest BCUT2D eigenvalue weighted by atomic mass is 10.3. The van der Waals surface area contributed by atoms with Crippen molar-refractivity contribution in [3.8, 4) is 0 Å². The van der Waals surface area contributed by atoms with Gasteiger partial charge < -0.3 is 10.2 Å². The lowest BCUT2D eigenvalue weighted by Gasteiger charge is -2.21. The van der Waals surface area contributed by atoms with E-state index in [1.165, 1.54) is 12.3 Å². The van der Waals surface area contributed by atoms with Crippen LogP contribution in [-0.2, 0) is 0 Å². The van der Waals surface area contributed by atoms with Crippen LogP contribution in [0, 0.1) is 10.1 Å². The topological polar surface area (TPSA) is 71.3 Å². The van der Waals surface area contributed by atoms with Gasteiger partial charge in [0.15, 0.2) is 0 Å². The molecule has 1 aliphatic rings. The van der Waals surface area contributed by atoms with Crippen LogP contribution < -0.4 is 10.2 Å². The molecular weight excluding hydrogens is 288 g/mol. The van der Waals surface area contributed by atoms with Gasteiger partial charge in [-0.3, -0.25) is 10.1 Å². The highest BCUT2D eigenvalue weighted by molar-refractivity contribution is 9.10. The largest absolute Gasteiger partial charge is 0.354 e. The van der Waals surface area contributed by atoms with Gasteiger partial charge in [-0.1, -0.05) is 0 Å². The van der Waals surface area contributed by atoms with Crippen molar-refractivity contribution in [3.63, 3.8) is 0 Å². The number of nitrogens with zero attached hydrogens (tertiary/aromatic N) is 3. The smallest absolute Gasteiger partial charge is 0.288 e. The molecule has 0 unspecified atom stereocenters. The summed E-state index contributed by atoms with van der Waals surface area (Å²) < 4.78 is 0.675. The fourth-order valence-corrected chi connectivity index (χ4v) is 2.40. The van der Waals surface area contributed by atoms with E-state index in [4.69, 9.17) is 0 Å².